The van der Waals surface area contributed by atoms with Gasteiger partial charge in [0.25, 0.3) is 5.69 Å². The highest BCUT2D eigenvalue weighted by Crippen LogP contribution is 2.41. The molecule has 0 fully saturated rings. The van der Waals surface area contributed by atoms with Crippen LogP contribution in [0, 0.1) is 10.1 Å². The third-order valence-corrected chi connectivity index (χ3v) is 5.23. The molecule has 182 valence electrons. The van der Waals surface area contributed by atoms with Crippen molar-refractivity contribution in [3.05, 3.63) is 81.2 Å². The second-order valence-corrected chi connectivity index (χ2v) is 7.33. The van der Waals surface area contributed by atoms with Crippen LogP contribution in [0.3, 0.4) is 0 Å². The van der Waals surface area contributed by atoms with Crippen LogP contribution in [0.1, 0.15) is 38.7 Å². The maximum Gasteiger partial charge on any atom is 0.336 e. The number of dihydropyridines is 1. The Morgan fingerprint density at radius 3 is 2.44 bits per heavy atom. The van der Waals surface area contributed by atoms with Gasteiger partial charge < -0.3 is 19.4 Å². The maximum atomic E-state index is 13.2. The van der Waals surface area contributed by atoms with Crippen LogP contribution in [-0.2, 0) is 25.6 Å². The summed E-state index contributed by atoms with van der Waals surface area (Å²) < 4.78 is 12.5. The highest BCUT2D eigenvalue weighted by Gasteiger charge is 2.39. The predicted octanol–water partition coefficient (Wildman–Crippen LogP) is 3.64. The Kier molecular flexibility index (Phi) is 9.37. The quantitative estimate of drug-likeness (QED) is 0.321. The minimum absolute atomic E-state index is 0. The molecule has 0 spiro atoms. The highest BCUT2D eigenvalue weighted by molar-refractivity contribution is 6.00. The molecule has 0 radical (unpaired) electrons. The Hall–Kier alpha value is -3.66. The SMILES string of the molecule is CCOC(=O)C1=C(C)NC(CCn2ccnc2)=C(C(=O)OCC)C1c1cccc([N+](=O)[O-])c1.Cl. The van der Waals surface area contributed by atoms with Crippen molar-refractivity contribution in [2.45, 2.75) is 39.7 Å². The molecule has 1 aromatic carbocycles. The lowest BCUT2D eigenvalue weighted by Gasteiger charge is -2.31. The van der Waals surface area contributed by atoms with Gasteiger partial charge in [-0.1, -0.05) is 12.1 Å². The van der Waals surface area contributed by atoms with Crippen LogP contribution < -0.4 is 5.32 Å². The van der Waals surface area contributed by atoms with Crippen LogP contribution in [-0.4, -0.2) is 39.6 Å². The molecular formula is C23H27ClN4O6. The van der Waals surface area contributed by atoms with Crippen LogP contribution in [0.2, 0.25) is 0 Å². The number of hydrogen-bond acceptors (Lipinski definition) is 8. The maximum absolute atomic E-state index is 13.2. The summed E-state index contributed by atoms with van der Waals surface area (Å²) in [5.41, 5.74) is 1.81. The van der Waals surface area contributed by atoms with Crippen LogP contribution in [0.25, 0.3) is 0 Å². The van der Waals surface area contributed by atoms with Crippen molar-refractivity contribution in [2.24, 2.45) is 0 Å². The second kappa shape index (κ2) is 12.0. The molecule has 2 heterocycles. The lowest BCUT2D eigenvalue weighted by atomic mass is 9.79. The molecular weight excluding hydrogens is 464 g/mol. The Bertz CT molecular complexity index is 1110. The van der Waals surface area contributed by atoms with Crippen LogP contribution in [0.5, 0.6) is 0 Å². The van der Waals surface area contributed by atoms with Gasteiger partial charge >= 0.3 is 11.9 Å². The zero-order valence-electron chi connectivity index (χ0n) is 19.1. The zero-order valence-corrected chi connectivity index (χ0v) is 20.0. The molecule has 0 bridgehead atoms. The van der Waals surface area contributed by atoms with E-state index in [-0.39, 0.29) is 42.5 Å². The first kappa shape index (κ1) is 26.6. The standard InChI is InChI=1S/C23H26N4O6.ClH/c1-4-32-22(28)19-15(3)25-18(9-11-26-12-10-24-14-26)21(23(29)33-5-2)20(19)16-7-6-8-17(13-16)27(30)31;/h6-8,10,12-14,20,25H,4-5,9,11H2,1-3H3;1H. The molecule has 0 saturated heterocycles. The number of hydrogen-bond donors (Lipinski definition) is 1. The average molecular weight is 491 g/mol. The molecule has 1 aromatic heterocycles. The van der Waals surface area contributed by atoms with Gasteiger partial charge in [0.1, 0.15) is 0 Å². The van der Waals surface area contributed by atoms with Crippen LogP contribution in [0.4, 0.5) is 5.69 Å². The predicted molar refractivity (Wildman–Crippen MR) is 126 cm³/mol. The van der Waals surface area contributed by atoms with E-state index in [1.807, 2.05) is 4.57 Å². The summed E-state index contributed by atoms with van der Waals surface area (Å²) in [5.74, 6) is -2.09. The first-order valence-corrected chi connectivity index (χ1v) is 10.6. The Labute approximate surface area is 203 Å². The number of benzene rings is 1. The molecule has 2 aromatic rings. The van der Waals surface area contributed by atoms with Gasteiger partial charge in [0.05, 0.1) is 41.5 Å². The molecule has 1 N–H and O–H groups in total. The minimum atomic E-state index is -0.887. The van der Waals surface area contributed by atoms with Crippen molar-refractivity contribution in [3.63, 3.8) is 0 Å². The number of nitrogens with one attached hydrogen (secondary N) is 1. The first-order chi connectivity index (χ1) is 15.9. The Morgan fingerprint density at radius 2 is 1.85 bits per heavy atom. The number of carbonyl (C=O) groups is 2. The van der Waals surface area contributed by atoms with Crippen LogP contribution in [0.15, 0.2) is 65.5 Å². The van der Waals surface area contributed by atoms with Crippen molar-refractivity contribution < 1.29 is 24.0 Å². The van der Waals surface area contributed by atoms with E-state index in [4.69, 9.17) is 9.47 Å². The highest BCUT2D eigenvalue weighted by atomic mass is 35.5. The van der Waals surface area contributed by atoms with E-state index < -0.39 is 22.8 Å². The van der Waals surface area contributed by atoms with Crippen molar-refractivity contribution in [1.82, 2.24) is 14.9 Å². The lowest BCUT2D eigenvalue weighted by molar-refractivity contribution is -0.384. The average Bonchev–Trinajstić information content (AvgIpc) is 3.31. The number of esters is 2. The zero-order chi connectivity index (χ0) is 24.0. The Balaban J connectivity index is 0.00000408. The van der Waals surface area contributed by atoms with Gasteiger partial charge in [0.15, 0.2) is 0 Å². The van der Waals surface area contributed by atoms with Gasteiger partial charge in [0.2, 0.25) is 0 Å². The number of allylic oxidation sites excluding steroid dienone is 2. The summed E-state index contributed by atoms with van der Waals surface area (Å²) in [6.45, 7) is 5.89. The molecule has 0 aliphatic carbocycles. The van der Waals surface area contributed by atoms with Crippen molar-refractivity contribution in [2.75, 3.05) is 13.2 Å². The third-order valence-electron chi connectivity index (χ3n) is 5.23. The Morgan fingerprint density at radius 1 is 1.18 bits per heavy atom. The number of aryl methyl sites for hydroxylation is 1. The molecule has 0 saturated carbocycles. The summed E-state index contributed by atoms with van der Waals surface area (Å²) in [6, 6.07) is 5.91. The molecule has 1 aliphatic rings. The number of halogens is 1. The molecule has 11 heteroatoms. The van der Waals surface area contributed by atoms with E-state index in [0.29, 0.717) is 29.9 Å². The monoisotopic (exact) mass is 490 g/mol. The smallest absolute Gasteiger partial charge is 0.336 e. The van der Waals surface area contributed by atoms with E-state index in [2.05, 4.69) is 10.3 Å². The largest absolute Gasteiger partial charge is 0.463 e. The second-order valence-electron chi connectivity index (χ2n) is 7.33. The number of carbonyl (C=O) groups excluding carboxylic acids is 2. The van der Waals surface area contributed by atoms with Gasteiger partial charge in [-0.15, -0.1) is 12.4 Å². The fourth-order valence-corrected chi connectivity index (χ4v) is 3.83. The number of nitro benzene ring substituents is 1. The number of ether oxygens (including phenoxy) is 2. The minimum Gasteiger partial charge on any atom is -0.463 e. The summed E-state index contributed by atoms with van der Waals surface area (Å²) >= 11 is 0. The normalized spacial score (nSPS) is 15.3. The molecule has 34 heavy (non-hydrogen) atoms. The van der Waals surface area contributed by atoms with Gasteiger partial charge in [0, 0.05) is 48.9 Å². The topological polar surface area (TPSA) is 126 Å². The summed E-state index contributed by atoms with van der Waals surface area (Å²) in [6.07, 6.45) is 5.55. The summed E-state index contributed by atoms with van der Waals surface area (Å²) in [7, 11) is 0. The number of rotatable bonds is 9. The molecule has 1 atom stereocenters. The van der Waals surface area contributed by atoms with Crippen molar-refractivity contribution in [3.8, 4) is 0 Å². The van der Waals surface area contributed by atoms with Crippen LogP contribution >= 0.6 is 12.4 Å². The molecule has 3 rings (SSSR count). The summed E-state index contributed by atoms with van der Waals surface area (Å²) in [5, 5.41) is 14.6. The van der Waals surface area contributed by atoms with E-state index >= 15 is 0 Å². The van der Waals surface area contributed by atoms with Gasteiger partial charge in [-0.2, -0.15) is 0 Å². The lowest BCUT2D eigenvalue weighted by Crippen LogP contribution is -2.33. The van der Waals surface area contributed by atoms with Crippen molar-refractivity contribution in [1.29, 1.82) is 0 Å². The summed E-state index contributed by atoms with van der Waals surface area (Å²) in [4.78, 5) is 41.0. The molecule has 10 nitrogen and oxygen atoms in total. The number of nitrogens with zero attached hydrogens (tertiary/aromatic N) is 3. The fourth-order valence-electron chi connectivity index (χ4n) is 3.83. The fraction of sp³-hybridized carbons (Fsp3) is 0.348. The molecule has 0 amide bonds. The van der Waals surface area contributed by atoms with E-state index in [9.17, 15) is 19.7 Å². The third kappa shape index (κ3) is 5.82. The molecule has 1 unspecified atom stereocenters. The molecule has 1 aliphatic heterocycles. The number of aromatic nitrogens is 2. The van der Waals surface area contributed by atoms with Gasteiger partial charge in [-0.25, -0.2) is 14.6 Å². The van der Waals surface area contributed by atoms with E-state index in [1.54, 1.807) is 45.6 Å². The van der Waals surface area contributed by atoms with Crippen molar-refractivity contribution >= 4 is 30.0 Å². The van der Waals surface area contributed by atoms with E-state index in [1.165, 1.54) is 18.2 Å². The number of nitro groups is 1. The van der Waals surface area contributed by atoms with E-state index in [0.717, 1.165) is 0 Å². The van der Waals surface area contributed by atoms with Gasteiger partial charge in [-0.3, -0.25) is 10.1 Å². The first-order valence-electron chi connectivity index (χ1n) is 10.6. The van der Waals surface area contributed by atoms with Gasteiger partial charge in [-0.05, 0) is 26.3 Å². The number of imidazole rings is 1. The number of non-ortho nitro benzene ring substituents is 1.